The molecule has 1 atom stereocenters. The molecule has 3 heterocycles. The second-order valence-electron chi connectivity index (χ2n) is 7.00. The predicted octanol–water partition coefficient (Wildman–Crippen LogP) is 3.01. The van der Waals surface area contributed by atoms with Gasteiger partial charge in [0.05, 0.1) is 24.4 Å². The largest absolute Gasteiger partial charge is 0.467 e. The van der Waals surface area contributed by atoms with Crippen molar-refractivity contribution in [3.63, 3.8) is 0 Å². The van der Waals surface area contributed by atoms with E-state index in [9.17, 15) is 9.59 Å². The molecule has 1 fully saturated rings. The molecule has 0 aliphatic carbocycles. The number of nitrogens with one attached hydrogen (secondary N) is 1. The molecule has 3 aromatic rings. The molecule has 2 aromatic heterocycles. The van der Waals surface area contributed by atoms with E-state index in [0.717, 1.165) is 25.1 Å². The highest BCUT2D eigenvalue weighted by Gasteiger charge is 2.27. The molecule has 0 radical (unpaired) electrons. The molecule has 0 unspecified atom stereocenters. The summed E-state index contributed by atoms with van der Waals surface area (Å²) in [6.07, 6.45) is 3.27. The van der Waals surface area contributed by atoms with Crippen LogP contribution in [0, 0.1) is 5.92 Å². The number of aromatic nitrogens is 2. The highest BCUT2D eigenvalue weighted by Crippen LogP contribution is 2.22. The maximum atomic E-state index is 12.6. The molecule has 1 amide bonds. The predicted molar refractivity (Wildman–Crippen MR) is 110 cm³/mol. The summed E-state index contributed by atoms with van der Waals surface area (Å²) in [5.41, 5.74) is 0.370. The molecule has 29 heavy (non-hydrogen) atoms. The minimum Gasteiger partial charge on any atom is -0.467 e. The van der Waals surface area contributed by atoms with Gasteiger partial charge in [-0.25, -0.2) is 0 Å². The van der Waals surface area contributed by atoms with Crippen LogP contribution in [0.5, 0.6) is 0 Å². The van der Waals surface area contributed by atoms with Gasteiger partial charge in [0.25, 0.3) is 5.56 Å². The highest BCUT2D eigenvalue weighted by atomic mass is 35.5. The lowest BCUT2D eigenvalue weighted by molar-refractivity contribution is -0.125. The summed E-state index contributed by atoms with van der Waals surface area (Å²) in [5.74, 6) is 1.23. The molecule has 7 nitrogen and oxygen atoms in total. The van der Waals surface area contributed by atoms with Crippen molar-refractivity contribution >= 4 is 23.3 Å². The Hall–Kier alpha value is -3.06. The molecule has 0 bridgehead atoms. The van der Waals surface area contributed by atoms with Crippen molar-refractivity contribution in [2.45, 2.75) is 19.4 Å². The van der Waals surface area contributed by atoms with Gasteiger partial charge in [0.2, 0.25) is 5.91 Å². The van der Waals surface area contributed by atoms with Crippen LogP contribution in [-0.4, -0.2) is 28.8 Å². The Morgan fingerprint density at radius 2 is 2.14 bits per heavy atom. The molecule has 1 saturated heterocycles. The van der Waals surface area contributed by atoms with Crippen molar-refractivity contribution in [1.29, 1.82) is 0 Å². The zero-order valence-electron chi connectivity index (χ0n) is 15.8. The van der Waals surface area contributed by atoms with Gasteiger partial charge in [0.15, 0.2) is 0 Å². The fourth-order valence-corrected chi connectivity index (χ4v) is 3.68. The van der Waals surface area contributed by atoms with Crippen molar-refractivity contribution in [3.8, 4) is 5.69 Å². The molecule has 0 spiro atoms. The third-order valence-corrected chi connectivity index (χ3v) is 5.21. The number of rotatable bonds is 5. The van der Waals surface area contributed by atoms with Crippen molar-refractivity contribution in [3.05, 3.63) is 75.9 Å². The molecule has 4 rings (SSSR count). The van der Waals surface area contributed by atoms with Gasteiger partial charge in [-0.1, -0.05) is 17.7 Å². The van der Waals surface area contributed by atoms with Crippen molar-refractivity contribution in [2.24, 2.45) is 5.92 Å². The smallest absolute Gasteiger partial charge is 0.271 e. The van der Waals surface area contributed by atoms with Crippen LogP contribution in [0.15, 0.2) is 64.0 Å². The maximum Gasteiger partial charge on any atom is 0.271 e. The van der Waals surface area contributed by atoms with Gasteiger partial charge >= 0.3 is 0 Å². The number of carbonyl (C=O) groups is 1. The number of anilines is 1. The molecule has 8 heteroatoms. The number of amides is 1. The third-order valence-electron chi connectivity index (χ3n) is 4.97. The summed E-state index contributed by atoms with van der Waals surface area (Å²) in [4.78, 5) is 26.9. The quantitative estimate of drug-likeness (QED) is 0.696. The first kappa shape index (κ1) is 19.3. The van der Waals surface area contributed by atoms with Gasteiger partial charge < -0.3 is 14.6 Å². The summed E-state index contributed by atoms with van der Waals surface area (Å²) in [6, 6.07) is 13.8. The Bertz CT molecular complexity index is 1050. The van der Waals surface area contributed by atoms with Gasteiger partial charge in [-0.2, -0.15) is 4.68 Å². The van der Waals surface area contributed by atoms with Crippen LogP contribution < -0.4 is 15.8 Å². The zero-order valence-corrected chi connectivity index (χ0v) is 16.5. The Kier molecular flexibility index (Phi) is 5.67. The number of halogens is 1. The first-order chi connectivity index (χ1) is 14.1. The van der Waals surface area contributed by atoms with E-state index in [0.29, 0.717) is 29.6 Å². The Morgan fingerprint density at radius 3 is 2.93 bits per heavy atom. The fraction of sp³-hybridized carbons (Fsp3) is 0.286. The zero-order chi connectivity index (χ0) is 20.2. The van der Waals surface area contributed by atoms with Crippen LogP contribution in [0.2, 0.25) is 5.02 Å². The van der Waals surface area contributed by atoms with E-state index in [-0.39, 0.29) is 17.4 Å². The first-order valence-corrected chi connectivity index (χ1v) is 9.89. The Balaban J connectivity index is 1.48. The lowest BCUT2D eigenvalue weighted by Gasteiger charge is -2.32. The molecule has 150 valence electrons. The number of benzene rings is 1. The molecule has 0 saturated carbocycles. The second kappa shape index (κ2) is 8.53. The number of hydrogen-bond acceptors (Lipinski definition) is 5. The van der Waals surface area contributed by atoms with Crippen LogP contribution in [0.3, 0.4) is 0 Å². The monoisotopic (exact) mass is 412 g/mol. The standard InChI is InChI=1S/C21H21ClN4O3/c22-16-5-1-6-17(12-16)26-20(27)9-8-19(24-26)25-10-2-4-15(14-25)21(28)23-13-18-7-3-11-29-18/h1,3,5-9,11-12,15H,2,4,10,13-14H2,(H,23,28)/t15-/m0/s1. The average molecular weight is 413 g/mol. The van der Waals surface area contributed by atoms with Crippen molar-refractivity contribution in [1.82, 2.24) is 15.1 Å². The summed E-state index contributed by atoms with van der Waals surface area (Å²) in [6.45, 7) is 1.70. The third kappa shape index (κ3) is 4.51. The van der Waals surface area contributed by atoms with Crippen LogP contribution in [0.1, 0.15) is 18.6 Å². The van der Waals surface area contributed by atoms with Crippen molar-refractivity contribution < 1.29 is 9.21 Å². The minimum atomic E-state index is -0.235. The van der Waals surface area contributed by atoms with E-state index < -0.39 is 0 Å². The summed E-state index contributed by atoms with van der Waals surface area (Å²) >= 11 is 6.05. The average Bonchev–Trinajstić information content (AvgIpc) is 3.26. The fourth-order valence-electron chi connectivity index (χ4n) is 3.49. The molecule has 1 aliphatic heterocycles. The van der Waals surface area contributed by atoms with Crippen molar-refractivity contribution in [2.75, 3.05) is 18.0 Å². The van der Waals surface area contributed by atoms with Crippen LogP contribution in [0.4, 0.5) is 5.82 Å². The van der Waals surface area contributed by atoms with Crippen LogP contribution >= 0.6 is 11.6 Å². The number of furan rings is 1. The number of carbonyl (C=O) groups excluding carboxylic acids is 1. The van der Waals surface area contributed by atoms with E-state index in [1.54, 1.807) is 42.7 Å². The topological polar surface area (TPSA) is 80.4 Å². The molecule has 1 aliphatic rings. The molecular formula is C21H21ClN4O3. The summed E-state index contributed by atoms with van der Waals surface area (Å²) < 4.78 is 6.59. The van der Waals surface area contributed by atoms with E-state index in [1.807, 2.05) is 11.0 Å². The van der Waals surface area contributed by atoms with Gasteiger partial charge in [0, 0.05) is 24.2 Å². The normalized spacial score (nSPS) is 16.6. The summed E-state index contributed by atoms with van der Waals surface area (Å²) in [7, 11) is 0. The molecule has 1 N–H and O–H groups in total. The Morgan fingerprint density at radius 1 is 1.24 bits per heavy atom. The van der Waals surface area contributed by atoms with Gasteiger partial charge in [-0.05, 0) is 49.2 Å². The van der Waals surface area contributed by atoms with E-state index in [4.69, 9.17) is 16.0 Å². The number of nitrogens with zero attached hydrogens (tertiary/aromatic N) is 3. The Labute approximate surface area is 172 Å². The highest BCUT2D eigenvalue weighted by molar-refractivity contribution is 6.30. The minimum absolute atomic E-state index is 0.00531. The SMILES string of the molecule is O=C(NCc1ccco1)[C@H]1CCCN(c2ccc(=O)n(-c3cccc(Cl)c3)n2)C1. The first-order valence-electron chi connectivity index (χ1n) is 9.51. The lowest BCUT2D eigenvalue weighted by atomic mass is 9.97. The van der Waals surface area contributed by atoms with Crippen LogP contribution in [0.25, 0.3) is 5.69 Å². The van der Waals surface area contributed by atoms with E-state index in [1.165, 1.54) is 10.7 Å². The summed E-state index contributed by atoms with van der Waals surface area (Å²) in [5, 5.41) is 7.98. The van der Waals surface area contributed by atoms with E-state index >= 15 is 0 Å². The number of hydrogen-bond donors (Lipinski definition) is 1. The van der Waals surface area contributed by atoms with Gasteiger partial charge in [0.1, 0.15) is 11.6 Å². The number of piperidine rings is 1. The molecular weight excluding hydrogens is 392 g/mol. The maximum absolute atomic E-state index is 12.6. The molecule has 1 aromatic carbocycles. The second-order valence-corrected chi connectivity index (χ2v) is 7.44. The van der Waals surface area contributed by atoms with Crippen LogP contribution in [-0.2, 0) is 11.3 Å². The van der Waals surface area contributed by atoms with E-state index in [2.05, 4.69) is 10.4 Å². The lowest BCUT2D eigenvalue weighted by Crippen LogP contribution is -2.43. The van der Waals surface area contributed by atoms with Gasteiger partial charge in [-0.15, -0.1) is 5.10 Å². The van der Waals surface area contributed by atoms with Gasteiger partial charge in [-0.3, -0.25) is 9.59 Å².